The third kappa shape index (κ3) is 4.18. The molecular weight excluding hydrogens is 114 g/mol. The Balaban J connectivity index is 3.70. The summed E-state index contributed by atoms with van der Waals surface area (Å²) < 4.78 is 0. The van der Waals surface area contributed by atoms with Crippen molar-refractivity contribution in [2.45, 2.75) is 32.8 Å². The van der Waals surface area contributed by atoms with Crippen LogP contribution < -0.4 is 5.90 Å². The molecule has 2 nitrogen and oxygen atoms in total. The molecular formula is C7H15NO. The van der Waals surface area contributed by atoms with Crippen molar-refractivity contribution in [2.24, 2.45) is 5.90 Å². The molecule has 0 aliphatic carbocycles. The van der Waals surface area contributed by atoms with Gasteiger partial charge in [0.25, 0.3) is 0 Å². The molecule has 0 saturated carbocycles. The van der Waals surface area contributed by atoms with Crippen LogP contribution in [0.3, 0.4) is 0 Å². The Bertz CT molecular complexity index is 97.1. The molecule has 54 valence electrons. The predicted molar refractivity (Wildman–Crippen MR) is 38.8 cm³/mol. The van der Waals surface area contributed by atoms with E-state index in [1.807, 2.05) is 26.0 Å². The van der Waals surface area contributed by atoms with E-state index < -0.39 is 0 Å². The zero-order chi connectivity index (χ0) is 7.33. The van der Waals surface area contributed by atoms with Gasteiger partial charge in [-0.05, 0) is 20.3 Å². The van der Waals surface area contributed by atoms with E-state index in [1.165, 1.54) is 0 Å². The molecule has 0 unspecified atom stereocenters. The molecule has 0 radical (unpaired) electrons. The van der Waals surface area contributed by atoms with Crippen LogP contribution in [0.1, 0.15) is 27.2 Å². The van der Waals surface area contributed by atoms with Gasteiger partial charge in [0.05, 0.1) is 0 Å². The molecule has 0 aromatic carbocycles. The average Bonchev–Trinajstić information content (AvgIpc) is 1.84. The maximum absolute atomic E-state index is 5.00. The van der Waals surface area contributed by atoms with E-state index in [0.29, 0.717) is 0 Å². The van der Waals surface area contributed by atoms with Crippen LogP contribution in [0.25, 0.3) is 0 Å². The first-order valence-electron chi connectivity index (χ1n) is 3.18. The molecule has 0 rings (SSSR count). The molecule has 0 amide bonds. The van der Waals surface area contributed by atoms with Gasteiger partial charge >= 0.3 is 0 Å². The van der Waals surface area contributed by atoms with Gasteiger partial charge in [-0.25, -0.2) is 5.90 Å². The van der Waals surface area contributed by atoms with E-state index in [-0.39, 0.29) is 5.60 Å². The Kier molecular flexibility index (Phi) is 3.50. The third-order valence-electron chi connectivity index (χ3n) is 1.06. The molecule has 2 N–H and O–H groups in total. The Hall–Kier alpha value is -0.340. The third-order valence-corrected chi connectivity index (χ3v) is 1.06. The van der Waals surface area contributed by atoms with Crippen molar-refractivity contribution < 1.29 is 4.84 Å². The highest BCUT2D eigenvalue weighted by Crippen LogP contribution is 2.07. The lowest BCUT2D eigenvalue weighted by Crippen LogP contribution is -2.24. The van der Waals surface area contributed by atoms with Gasteiger partial charge in [-0.1, -0.05) is 19.1 Å². The lowest BCUT2D eigenvalue weighted by molar-refractivity contribution is 0.0186. The van der Waals surface area contributed by atoms with Crippen molar-refractivity contribution in [1.82, 2.24) is 0 Å². The van der Waals surface area contributed by atoms with Crippen LogP contribution in [-0.2, 0) is 4.84 Å². The normalized spacial score (nSPS) is 12.9. The van der Waals surface area contributed by atoms with Crippen LogP contribution in [-0.4, -0.2) is 5.60 Å². The van der Waals surface area contributed by atoms with Crippen molar-refractivity contribution in [3.8, 4) is 0 Å². The second-order valence-corrected chi connectivity index (χ2v) is 2.53. The van der Waals surface area contributed by atoms with Gasteiger partial charge in [0.15, 0.2) is 0 Å². The fourth-order valence-corrected chi connectivity index (χ4v) is 0.441. The first-order valence-corrected chi connectivity index (χ1v) is 3.18. The number of hydrogen-bond acceptors (Lipinski definition) is 2. The molecule has 0 fully saturated rings. The van der Waals surface area contributed by atoms with E-state index >= 15 is 0 Å². The number of rotatable bonds is 3. The van der Waals surface area contributed by atoms with Crippen LogP contribution in [0.2, 0.25) is 0 Å². The van der Waals surface area contributed by atoms with E-state index in [4.69, 9.17) is 5.90 Å². The van der Waals surface area contributed by atoms with E-state index in [2.05, 4.69) is 11.8 Å². The maximum Gasteiger partial charge on any atom is 0.102 e. The van der Waals surface area contributed by atoms with Gasteiger partial charge in [0, 0.05) is 0 Å². The lowest BCUT2D eigenvalue weighted by Gasteiger charge is -2.15. The Labute approximate surface area is 56.6 Å². The van der Waals surface area contributed by atoms with Crippen LogP contribution in [0, 0.1) is 0 Å². The second kappa shape index (κ2) is 3.64. The highest BCUT2D eigenvalue weighted by Gasteiger charge is 2.10. The minimum Gasteiger partial charge on any atom is -0.294 e. The first-order chi connectivity index (χ1) is 4.12. The Morgan fingerprint density at radius 2 is 2.11 bits per heavy atom. The predicted octanol–water partition coefficient (Wildman–Crippen LogP) is 1.62. The number of allylic oxidation sites excluding steroid dienone is 1. The van der Waals surface area contributed by atoms with E-state index in [0.717, 1.165) is 6.42 Å². The maximum atomic E-state index is 5.00. The van der Waals surface area contributed by atoms with Crippen molar-refractivity contribution in [3.05, 3.63) is 12.2 Å². The molecule has 0 aromatic heterocycles. The minimum absolute atomic E-state index is 0.310. The standard InChI is InChI=1S/C7H15NO/c1-4-5-6-7(2,3)9-8/h5-6H,4,8H2,1-3H3/b6-5+. The Morgan fingerprint density at radius 3 is 2.44 bits per heavy atom. The zero-order valence-electron chi connectivity index (χ0n) is 6.35. The first kappa shape index (κ1) is 8.66. The van der Waals surface area contributed by atoms with E-state index in [1.54, 1.807) is 0 Å². The second-order valence-electron chi connectivity index (χ2n) is 2.53. The average molecular weight is 129 g/mol. The summed E-state index contributed by atoms with van der Waals surface area (Å²) in [4.78, 5) is 4.65. The van der Waals surface area contributed by atoms with Crippen LogP contribution in [0.15, 0.2) is 12.2 Å². The number of hydrogen-bond donors (Lipinski definition) is 1. The van der Waals surface area contributed by atoms with Crippen LogP contribution >= 0.6 is 0 Å². The van der Waals surface area contributed by atoms with Crippen molar-refractivity contribution in [3.63, 3.8) is 0 Å². The minimum atomic E-state index is -0.310. The van der Waals surface area contributed by atoms with Gasteiger partial charge in [-0.15, -0.1) is 0 Å². The molecule has 0 aliphatic rings. The molecule has 0 bridgehead atoms. The highest BCUT2D eigenvalue weighted by atomic mass is 16.6. The van der Waals surface area contributed by atoms with E-state index in [9.17, 15) is 0 Å². The molecule has 0 spiro atoms. The SMILES string of the molecule is CC/C=C/C(C)(C)ON. The van der Waals surface area contributed by atoms with Crippen LogP contribution in [0.5, 0.6) is 0 Å². The van der Waals surface area contributed by atoms with Gasteiger partial charge < -0.3 is 0 Å². The zero-order valence-corrected chi connectivity index (χ0v) is 6.35. The summed E-state index contributed by atoms with van der Waals surface area (Å²) in [6, 6.07) is 0. The smallest absolute Gasteiger partial charge is 0.102 e. The molecule has 2 heteroatoms. The molecule has 0 saturated heterocycles. The Morgan fingerprint density at radius 1 is 1.56 bits per heavy atom. The van der Waals surface area contributed by atoms with Gasteiger partial charge in [-0.3, -0.25) is 4.84 Å². The van der Waals surface area contributed by atoms with Crippen molar-refractivity contribution in [1.29, 1.82) is 0 Å². The fraction of sp³-hybridized carbons (Fsp3) is 0.714. The molecule has 0 heterocycles. The largest absolute Gasteiger partial charge is 0.294 e. The summed E-state index contributed by atoms with van der Waals surface area (Å²) in [5.74, 6) is 5.00. The fourth-order valence-electron chi connectivity index (χ4n) is 0.441. The molecule has 0 atom stereocenters. The van der Waals surface area contributed by atoms with Gasteiger partial charge in [0.1, 0.15) is 5.60 Å². The summed E-state index contributed by atoms with van der Waals surface area (Å²) in [5, 5.41) is 0. The topological polar surface area (TPSA) is 35.2 Å². The monoisotopic (exact) mass is 129 g/mol. The summed E-state index contributed by atoms with van der Waals surface area (Å²) in [5.41, 5.74) is -0.310. The summed E-state index contributed by atoms with van der Waals surface area (Å²) >= 11 is 0. The lowest BCUT2D eigenvalue weighted by atomic mass is 10.1. The highest BCUT2D eigenvalue weighted by molar-refractivity contribution is 4.95. The number of nitrogens with two attached hydrogens (primary N) is 1. The van der Waals surface area contributed by atoms with Crippen LogP contribution in [0.4, 0.5) is 0 Å². The van der Waals surface area contributed by atoms with Crippen molar-refractivity contribution >= 4 is 0 Å². The van der Waals surface area contributed by atoms with Crippen molar-refractivity contribution in [2.75, 3.05) is 0 Å². The molecule has 9 heavy (non-hydrogen) atoms. The summed E-state index contributed by atoms with van der Waals surface area (Å²) in [6.07, 6.45) is 5.01. The molecule has 0 aromatic rings. The molecule has 0 aliphatic heterocycles. The quantitative estimate of drug-likeness (QED) is 0.464. The summed E-state index contributed by atoms with van der Waals surface area (Å²) in [6.45, 7) is 5.90. The van der Waals surface area contributed by atoms with Gasteiger partial charge in [-0.2, -0.15) is 0 Å². The van der Waals surface area contributed by atoms with Gasteiger partial charge in [0.2, 0.25) is 0 Å². The summed E-state index contributed by atoms with van der Waals surface area (Å²) in [7, 11) is 0.